The Hall–Kier alpha value is -1.35. The lowest BCUT2D eigenvalue weighted by molar-refractivity contribution is -0.306. The quantitative estimate of drug-likeness (QED) is 0.834. The van der Waals surface area contributed by atoms with Crippen LogP contribution >= 0.6 is 0 Å². The average molecular weight is 261 g/mol. The number of hydrogen-bond acceptors (Lipinski definition) is 3. The molecule has 0 radical (unpaired) electrons. The van der Waals surface area contributed by atoms with E-state index in [-0.39, 0.29) is 17.9 Å². The van der Waals surface area contributed by atoms with Crippen molar-refractivity contribution in [2.45, 2.75) is 44.6 Å². The second kappa shape index (κ2) is 5.74. The number of carbonyl (C=O) groups excluding carboxylic acids is 1. The molecule has 0 bridgehead atoms. The number of rotatable bonds is 4. The van der Waals surface area contributed by atoms with E-state index >= 15 is 0 Å². The van der Waals surface area contributed by atoms with Gasteiger partial charge in [-0.25, -0.2) is 0 Å². The van der Waals surface area contributed by atoms with E-state index in [0.717, 1.165) is 18.4 Å². The Balaban J connectivity index is 2.20. The van der Waals surface area contributed by atoms with Crippen LogP contribution in [0, 0.1) is 5.92 Å². The van der Waals surface area contributed by atoms with Crippen molar-refractivity contribution in [3.05, 3.63) is 35.9 Å². The molecule has 1 fully saturated rings. The van der Waals surface area contributed by atoms with E-state index in [4.69, 9.17) is 4.74 Å². The maximum atomic E-state index is 11.0. The number of carbonyl (C=O) groups is 1. The molecule has 3 heteroatoms. The molecule has 104 valence electrons. The first-order valence-electron chi connectivity index (χ1n) is 6.87. The van der Waals surface area contributed by atoms with Gasteiger partial charge in [0.1, 0.15) is 0 Å². The highest BCUT2D eigenvalue weighted by Crippen LogP contribution is 2.39. The standard InChI is InChI=1S/C16H22O3/c1-16(2)11-13(8-9-19-16)14(10-15(17)18)12-6-4-3-5-7-12/h3-7,13-14H,8-11H2,1-2H3,(H,17,18)/p-1/t13-,14+/m0/s1. The summed E-state index contributed by atoms with van der Waals surface area (Å²) in [5, 5.41) is 11.0. The van der Waals surface area contributed by atoms with Crippen LogP contribution in [0.3, 0.4) is 0 Å². The molecule has 1 aromatic carbocycles. The highest BCUT2D eigenvalue weighted by atomic mass is 16.5. The predicted octanol–water partition coefficient (Wildman–Crippen LogP) is 2.12. The first-order chi connectivity index (χ1) is 8.98. The summed E-state index contributed by atoms with van der Waals surface area (Å²) in [6, 6.07) is 9.89. The zero-order valence-corrected chi connectivity index (χ0v) is 11.6. The second-order valence-corrected chi connectivity index (χ2v) is 5.95. The first kappa shape index (κ1) is 14.1. The minimum atomic E-state index is -0.974. The van der Waals surface area contributed by atoms with Crippen molar-refractivity contribution in [2.24, 2.45) is 5.92 Å². The van der Waals surface area contributed by atoms with Gasteiger partial charge >= 0.3 is 0 Å². The third kappa shape index (κ3) is 3.80. The van der Waals surface area contributed by atoms with Crippen LogP contribution in [0.4, 0.5) is 0 Å². The number of benzene rings is 1. The maximum absolute atomic E-state index is 11.0. The molecule has 0 saturated carbocycles. The van der Waals surface area contributed by atoms with E-state index in [1.807, 2.05) is 30.3 Å². The molecule has 2 rings (SSSR count). The van der Waals surface area contributed by atoms with E-state index in [0.29, 0.717) is 12.5 Å². The van der Waals surface area contributed by atoms with Crippen LogP contribution in [0.2, 0.25) is 0 Å². The SMILES string of the molecule is CC1(C)C[C@@H]([C@H](CC(=O)[O-])c2ccccc2)CCO1. The Morgan fingerprint density at radius 1 is 1.42 bits per heavy atom. The Labute approximate surface area is 114 Å². The van der Waals surface area contributed by atoms with Gasteiger partial charge in [0, 0.05) is 12.6 Å². The van der Waals surface area contributed by atoms with Gasteiger partial charge in [-0.2, -0.15) is 0 Å². The van der Waals surface area contributed by atoms with Crippen molar-refractivity contribution in [2.75, 3.05) is 6.61 Å². The number of carboxylic acid groups (broad SMARTS) is 1. The Morgan fingerprint density at radius 2 is 2.11 bits per heavy atom. The fraction of sp³-hybridized carbons (Fsp3) is 0.562. The highest BCUT2D eigenvalue weighted by Gasteiger charge is 2.34. The van der Waals surface area contributed by atoms with Gasteiger partial charge in [-0.15, -0.1) is 0 Å². The zero-order chi connectivity index (χ0) is 13.9. The number of carboxylic acids is 1. The summed E-state index contributed by atoms with van der Waals surface area (Å²) >= 11 is 0. The summed E-state index contributed by atoms with van der Waals surface area (Å²) < 4.78 is 5.72. The van der Waals surface area contributed by atoms with E-state index in [9.17, 15) is 9.90 Å². The van der Waals surface area contributed by atoms with Crippen molar-refractivity contribution in [3.63, 3.8) is 0 Å². The van der Waals surface area contributed by atoms with Gasteiger partial charge in [0.05, 0.1) is 5.60 Å². The minimum Gasteiger partial charge on any atom is -0.550 e. The summed E-state index contributed by atoms with van der Waals surface area (Å²) in [5.74, 6) is -0.614. The highest BCUT2D eigenvalue weighted by molar-refractivity contribution is 5.65. The number of aliphatic carboxylic acids is 1. The van der Waals surface area contributed by atoms with Crippen LogP contribution in [-0.4, -0.2) is 18.2 Å². The van der Waals surface area contributed by atoms with E-state index < -0.39 is 5.97 Å². The summed E-state index contributed by atoms with van der Waals surface area (Å²) in [4.78, 5) is 11.0. The first-order valence-corrected chi connectivity index (χ1v) is 6.87. The Morgan fingerprint density at radius 3 is 2.68 bits per heavy atom. The third-order valence-corrected chi connectivity index (χ3v) is 3.92. The summed E-state index contributed by atoms with van der Waals surface area (Å²) in [5.41, 5.74) is 0.927. The van der Waals surface area contributed by atoms with Gasteiger partial charge in [-0.3, -0.25) is 0 Å². The van der Waals surface area contributed by atoms with Gasteiger partial charge < -0.3 is 14.6 Å². The van der Waals surface area contributed by atoms with E-state index in [1.54, 1.807) is 0 Å². The maximum Gasteiger partial charge on any atom is 0.0629 e. The van der Waals surface area contributed by atoms with E-state index in [2.05, 4.69) is 13.8 Å². The molecule has 0 aromatic heterocycles. The lowest BCUT2D eigenvalue weighted by Crippen LogP contribution is -2.37. The molecule has 1 aromatic rings. The molecule has 2 atom stereocenters. The monoisotopic (exact) mass is 261 g/mol. The minimum absolute atomic E-state index is 0.0226. The smallest absolute Gasteiger partial charge is 0.0629 e. The number of ether oxygens (including phenoxy) is 1. The lowest BCUT2D eigenvalue weighted by atomic mass is 9.75. The van der Waals surface area contributed by atoms with Gasteiger partial charge in [0.15, 0.2) is 0 Å². The molecular formula is C16H21O3-. The molecule has 0 amide bonds. The van der Waals surface area contributed by atoms with Gasteiger partial charge in [0.25, 0.3) is 0 Å². The molecule has 1 aliphatic heterocycles. The largest absolute Gasteiger partial charge is 0.550 e. The second-order valence-electron chi connectivity index (χ2n) is 5.95. The van der Waals surface area contributed by atoms with Crippen molar-refractivity contribution >= 4 is 5.97 Å². The molecule has 3 nitrogen and oxygen atoms in total. The molecule has 0 aliphatic carbocycles. The Kier molecular flexibility index (Phi) is 4.25. The van der Waals surface area contributed by atoms with Gasteiger partial charge in [-0.05, 0) is 50.5 Å². The summed E-state index contributed by atoms with van der Waals surface area (Å²) in [7, 11) is 0. The number of hydrogen-bond donors (Lipinski definition) is 0. The normalized spacial score (nSPS) is 23.8. The zero-order valence-electron chi connectivity index (χ0n) is 11.6. The molecule has 1 heterocycles. The van der Waals surface area contributed by atoms with Crippen LogP contribution in [-0.2, 0) is 9.53 Å². The van der Waals surface area contributed by atoms with Gasteiger partial charge in [-0.1, -0.05) is 30.3 Å². The summed E-state index contributed by atoms with van der Waals surface area (Å²) in [6.45, 7) is 4.84. The lowest BCUT2D eigenvalue weighted by Gasteiger charge is -2.39. The van der Waals surface area contributed by atoms with Crippen molar-refractivity contribution in [1.29, 1.82) is 0 Å². The fourth-order valence-corrected chi connectivity index (χ4v) is 3.06. The van der Waals surface area contributed by atoms with E-state index in [1.165, 1.54) is 0 Å². The van der Waals surface area contributed by atoms with Gasteiger partial charge in [0.2, 0.25) is 0 Å². The van der Waals surface area contributed by atoms with Crippen molar-refractivity contribution in [3.8, 4) is 0 Å². The third-order valence-electron chi connectivity index (χ3n) is 3.92. The molecule has 0 N–H and O–H groups in total. The molecule has 1 saturated heterocycles. The molecule has 19 heavy (non-hydrogen) atoms. The molecule has 0 spiro atoms. The van der Waals surface area contributed by atoms with Crippen LogP contribution in [0.15, 0.2) is 30.3 Å². The summed E-state index contributed by atoms with van der Waals surface area (Å²) in [6.07, 6.45) is 1.89. The molecular weight excluding hydrogens is 240 g/mol. The van der Waals surface area contributed by atoms with Crippen LogP contribution < -0.4 is 5.11 Å². The molecule has 0 unspecified atom stereocenters. The molecule has 1 aliphatic rings. The van der Waals surface area contributed by atoms with Crippen LogP contribution in [0.25, 0.3) is 0 Å². The van der Waals surface area contributed by atoms with Crippen molar-refractivity contribution in [1.82, 2.24) is 0 Å². The van der Waals surface area contributed by atoms with Crippen molar-refractivity contribution < 1.29 is 14.6 Å². The predicted molar refractivity (Wildman–Crippen MR) is 71.6 cm³/mol. The topological polar surface area (TPSA) is 49.4 Å². The van der Waals surface area contributed by atoms with Crippen LogP contribution in [0.1, 0.15) is 44.6 Å². The fourth-order valence-electron chi connectivity index (χ4n) is 3.06. The average Bonchev–Trinajstić information content (AvgIpc) is 2.35. The Bertz CT molecular complexity index is 425. The van der Waals surface area contributed by atoms with Crippen LogP contribution in [0.5, 0.6) is 0 Å².